The number of nitrogens with zero attached hydrogens (tertiary/aromatic N) is 4. The molecule has 2 aliphatic rings. The van der Waals surface area contributed by atoms with Gasteiger partial charge in [-0.05, 0) is 35.1 Å². The predicted octanol–water partition coefficient (Wildman–Crippen LogP) is 3.21. The van der Waals surface area contributed by atoms with Crippen molar-refractivity contribution < 1.29 is 4.79 Å². The fraction of sp³-hybridized carbons (Fsp3) is 0.483. The third-order valence-electron chi connectivity index (χ3n) is 7.51. The van der Waals surface area contributed by atoms with Crippen LogP contribution in [0.25, 0.3) is 11.1 Å². The second kappa shape index (κ2) is 12.1. The molecule has 1 aliphatic heterocycles. The summed E-state index contributed by atoms with van der Waals surface area (Å²) in [5, 5.41) is 21.3. The summed E-state index contributed by atoms with van der Waals surface area (Å²) in [5.74, 6) is -0.200. The summed E-state index contributed by atoms with van der Waals surface area (Å²) in [4.78, 5) is 17.3. The Labute approximate surface area is 214 Å². The lowest BCUT2D eigenvalue weighted by Gasteiger charge is -2.33. The number of nitriles is 2. The molecule has 7 nitrogen and oxygen atoms in total. The van der Waals surface area contributed by atoms with E-state index in [0.29, 0.717) is 25.8 Å². The molecular weight excluding hydrogens is 448 g/mol. The SMILES string of the molecule is N#CCN1CCN(Cc2ccc(-c3ccc(CC(C#N)NC(=O)C4(N)CCCCC4)cc3)cc2)CC1. The third kappa shape index (κ3) is 6.71. The van der Waals surface area contributed by atoms with Gasteiger partial charge in [-0.1, -0.05) is 67.8 Å². The second-order valence-corrected chi connectivity index (χ2v) is 10.2. The normalized spacial score (nSPS) is 19.1. The fourth-order valence-corrected chi connectivity index (χ4v) is 5.18. The van der Waals surface area contributed by atoms with Crippen molar-refractivity contribution in [1.29, 1.82) is 10.5 Å². The minimum Gasteiger partial charge on any atom is -0.338 e. The summed E-state index contributed by atoms with van der Waals surface area (Å²) < 4.78 is 0. The van der Waals surface area contributed by atoms with Gasteiger partial charge in [-0.3, -0.25) is 14.6 Å². The van der Waals surface area contributed by atoms with Crippen LogP contribution in [-0.2, 0) is 17.8 Å². The molecule has 0 bridgehead atoms. The maximum atomic E-state index is 12.7. The first-order valence-electron chi connectivity index (χ1n) is 13.0. The Morgan fingerprint density at radius 1 is 0.889 bits per heavy atom. The quantitative estimate of drug-likeness (QED) is 0.557. The van der Waals surface area contributed by atoms with Crippen LogP contribution in [0.15, 0.2) is 48.5 Å². The highest BCUT2D eigenvalue weighted by Crippen LogP contribution is 2.26. The van der Waals surface area contributed by atoms with Crippen molar-refractivity contribution in [1.82, 2.24) is 15.1 Å². The van der Waals surface area contributed by atoms with E-state index in [4.69, 9.17) is 11.0 Å². The Morgan fingerprint density at radius 3 is 2.00 bits per heavy atom. The van der Waals surface area contributed by atoms with Gasteiger partial charge in [-0.15, -0.1) is 0 Å². The van der Waals surface area contributed by atoms with Crippen molar-refractivity contribution in [2.75, 3.05) is 32.7 Å². The predicted molar refractivity (Wildman–Crippen MR) is 140 cm³/mol. The monoisotopic (exact) mass is 484 g/mol. The average Bonchev–Trinajstić information content (AvgIpc) is 2.91. The van der Waals surface area contributed by atoms with Gasteiger partial charge in [0.25, 0.3) is 0 Å². The summed E-state index contributed by atoms with van der Waals surface area (Å²) in [6.45, 7) is 5.30. The van der Waals surface area contributed by atoms with Crippen LogP contribution < -0.4 is 11.1 Å². The Morgan fingerprint density at radius 2 is 1.44 bits per heavy atom. The molecule has 4 rings (SSSR count). The van der Waals surface area contributed by atoms with E-state index in [9.17, 15) is 10.1 Å². The molecule has 1 amide bonds. The van der Waals surface area contributed by atoms with E-state index in [1.165, 1.54) is 5.56 Å². The first-order valence-corrected chi connectivity index (χ1v) is 13.0. The first-order chi connectivity index (χ1) is 17.5. The molecule has 1 atom stereocenters. The topological polar surface area (TPSA) is 109 Å². The first kappa shape index (κ1) is 25.9. The molecule has 7 heteroatoms. The molecule has 1 saturated heterocycles. The Balaban J connectivity index is 1.30. The zero-order chi connectivity index (χ0) is 25.4. The highest BCUT2D eigenvalue weighted by molar-refractivity contribution is 5.86. The molecule has 1 saturated carbocycles. The standard InChI is InChI=1S/C29H36N6O/c30-14-15-34-16-18-35(19-17-34)22-24-6-10-26(11-7-24)25-8-4-23(5-9-25)20-27(21-31)33-28(36)29(32)12-2-1-3-13-29/h4-11,27H,1-3,12-13,15-20,22,32H2,(H,33,36). The second-order valence-electron chi connectivity index (χ2n) is 10.2. The summed E-state index contributed by atoms with van der Waals surface area (Å²) in [5.41, 5.74) is 10.1. The van der Waals surface area contributed by atoms with Gasteiger partial charge in [0, 0.05) is 39.1 Å². The number of hydrogen-bond acceptors (Lipinski definition) is 6. The largest absolute Gasteiger partial charge is 0.338 e. The highest BCUT2D eigenvalue weighted by Gasteiger charge is 2.36. The third-order valence-corrected chi connectivity index (χ3v) is 7.51. The van der Waals surface area contributed by atoms with Crippen LogP contribution in [0, 0.1) is 22.7 Å². The zero-order valence-electron chi connectivity index (χ0n) is 21.0. The number of hydrogen-bond donors (Lipinski definition) is 2. The van der Waals surface area contributed by atoms with Crippen molar-refractivity contribution in [3.8, 4) is 23.3 Å². The van der Waals surface area contributed by atoms with E-state index in [0.717, 1.165) is 68.7 Å². The van der Waals surface area contributed by atoms with Gasteiger partial charge in [-0.2, -0.15) is 10.5 Å². The van der Waals surface area contributed by atoms with Crippen LogP contribution in [0.3, 0.4) is 0 Å². The van der Waals surface area contributed by atoms with Gasteiger partial charge in [-0.25, -0.2) is 0 Å². The van der Waals surface area contributed by atoms with E-state index >= 15 is 0 Å². The molecule has 0 radical (unpaired) electrons. The summed E-state index contributed by atoms with van der Waals surface area (Å²) in [6.07, 6.45) is 4.87. The molecule has 0 aromatic heterocycles. The van der Waals surface area contributed by atoms with Crippen LogP contribution in [0.2, 0.25) is 0 Å². The molecule has 1 heterocycles. The molecule has 1 unspecified atom stereocenters. The summed E-state index contributed by atoms with van der Waals surface area (Å²) >= 11 is 0. The summed E-state index contributed by atoms with van der Waals surface area (Å²) in [6, 6.07) is 20.7. The maximum Gasteiger partial charge on any atom is 0.241 e. The molecule has 2 fully saturated rings. The molecular formula is C29H36N6O. The van der Waals surface area contributed by atoms with Crippen LogP contribution in [0.1, 0.15) is 43.2 Å². The van der Waals surface area contributed by atoms with E-state index < -0.39 is 11.6 Å². The number of rotatable bonds is 8. The average molecular weight is 485 g/mol. The number of nitrogens with one attached hydrogen (secondary N) is 1. The van der Waals surface area contributed by atoms with Crippen LogP contribution in [0.5, 0.6) is 0 Å². The van der Waals surface area contributed by atoms with E-state index in [1.54, 1.807) is 0 Å². The molecule has 188 valence electrons. The smallest absolute Gasteiger partial charge is 0.241 e. The zero-order valence-corrected chi connectivity index (χ0v) is 21.0. The molecule has 0 spiro atoms. The van der Waals surface area contributed by atoms with Crippen molar-refractivity contribution >= 4 is 5.91 Å². The van der Waals surface area contributed by atoms with Gasteiger partial charge < -0.3 is 11.1 Å². The summed E-state index contributed by atoms with van der Waals surface area (Å²) in [7, 11) is 0. The van der Waals surface area contributed by atoms with Gasteiger partial charge >= 0.3 is 0 Å². The minimum atomic E-state index is -0.838. The van der Waals surface area contributed by atoms with E-state index in [1.807, 2.05) is 12.1 Å². The number of benzene rings is 2. The van der Waals surface area contributed by atoms with Crippen LogP contribution in [-0.4, -0.2) is 60.0 Å². The number of nitrogens with two attached hydrogens (primary N) is 1. The van der Waals surface area contributed by atoms with Crippen molar-refractivity contribution in [3.05, 3.63) is 59.7 Å². The molecule has 36 heavy (non-hydrogen) atoms. The molecule has 3 N–H and O–H groups in total. The van der Waals surface area contributed by atoms with E-state index in [-0.39, 0.29) is 5.91 Å². The van der Waals surface area contributed by atoms with Gasteiger partial charge in [0.15, 0.2) is 0 Å². The lowest BCUT2D eigenvalue weighted by Crippen LogP contribution is -2.57. The number of carbonyl (C=O) groups excluding carboxylic acids is 1. The Hall–Kier alpha value is -3.23. The highest BCUT2D eigenvalue weighted by atomic mass is 16.2. The van der Waals surface area contributed by atoms with Crippen LogP contribution >= 0.6 is 0 Å². The Kier molecular flexibility index (Phi) is 8.72. The molecule has 1 aliphatic carbocycles. The van der Waals surface area contributed by atoms with Crippen molar-refractivity contribution in [2.45, 2.75) is 56.7 Å². The van der Waals surface area contributed by atoms with Crippen LogP contribution in [0.4, 0.5) is 0 Å². The van der Waals surface area contributed by atoms with Crippen molar-refractivity contribution in [3.63, 3.8) is 0 Å². The number of amides is 1. The molecule has 2 aromatic carbocycles. The Bertz CT molecular complexity index is 1080. The fourth-order valence-electron chi connectivity index (χ4n) is 5.18. The number of piperazine rings is 1. The van der Waals surface area contributed by atoms with E-state index in [2.05, 4.69) is 63.7 Å². The van der Waals surface area contributed by atoms with Gasteiger partial charge in [0.05, 0.1) is 24.2 Å². The maximum absolute atomic E-state index is 12.7. The lowest BCUT2D eigenvalue weighted by atomic mass is 9.81. The minimum absolute atomic E-state index is 0.200. The van der Waals surface area contributed by atoms with Gasteiger partial charge in [0.2, 0.25) is 5.91 Å². The molecule has 2 aromatic rings. The lowest BCUT2D eigenvalue weighted by molar-refractivity contribution is -0.127. The van der Waals surface area contributed by atoms with Crippen molar-refractivity contribution in [2.24, 2.45) is 5.73 Å². The van der Waals surface area contributed by atoms with Gasteiger partial charge in [0.1, 0.15) is 6.04 Å². The number of carbonyl (C=O) groups is 1.